The fourth-order valence-corrected chi connectivity index (χ4v) is 3.47. The maximum Gasteiger partial charge on any atom is 0.193 e. The van der Waals surface area contributed by atoms with Gasteiger partial charge in [0.05, 0.1) is 6.61 Å². The Kier molecular flexibility index (Phi) is 8.15. The van der Waals surface area contributed by atoms with Crippen LogP contribution in [-0.4, -0.2) is 55.7 Å². The van der Waals surface area contributed by atoms with Gasteiger partial charge in [0, 0.05) is 56.3 Å². The van der Waals surface area contributed by atoms with Crippen LogP contribution in [0.5, 0.6) is 0 Å². The summed E-state index contributed by atoms with van der Waals surface area (Å²) in [6.07, 6.45) is 3.93. The van der Waals surface area contributed by atoms with Gasteiger partial charge in [-0.2, -0.15) is 0 Å². The van der Waals surface area contributed by atoms with Crippen molar-refractivity contribution in [3.05, 3.63) is 35.8 Å². The van der Waals surface area contributed by atoms with Crippen molar-refractivity contribution in [2.45, 2.75) is 19.8 Å². The summed E-state index contributed by atoms with van der Waals surface area (Å²) in [6, 6.07) is 4.88. The third-order valence-electron chi connectivity index (χ3n) is 4.69. The second-order valence-corrected chi connectivity index (χ2v) is 6.55. The van der Waals surface area contributed by atoms with Gasteiger partial charge in [-0.25, -0.2) is 4.39 Å². The van der Waals surface area contributed by atoms with E-state index in [9.17, 15) is 4.39 Å². The number of likely N-dealkylation sites (tertiary alicyclic amines) is 1. The molecule has 26 heavy (non-hydrogen) atoms. The summed E-state index contributed by atoms with van der Waals surface area (Å²) in [5.74, 6) is 1.34. The van der Waals surface area contributed by atoms with Crippen molar-refractivity contribution >= 4 is 40.8 Å². The van der Waals surface area contributed by atoms with Crippen molar-refractivity contribution in [1.29, 1.82) is 0 Å². The first kappa shape index (κ1) is 21.0. The van der Waals surface area contributed by atoms with Gasteiger partial charge in [-0.3, -0.25) is 4.99 Å². The molecule has 7 heteroatoms. The molecule has 1 aliphatic heterocycles. The zero-order valence-corrected chi connectivity index (χ0v) is 17.8. The molecule has 2 N–H and O–H groups in total. The summed E-state index contributed by atoms with van der Waals surface area (Å²) in [5.41, 5.74) is 2.01. The number of aliphatic imine (C=N–C) groups is 1. The number of H-pyrrole nitrogens is 1. The zero-order chi connectivity index (χ0) is 17.6. The number of hydrogen-bond donors (Lipinski definition) is 2. The van der Waals surface area contributed by atoms with E-state index in [1.54, 1.807) is 7.11 Å². The number of ether oxygens (including phenoxy) is 1. The number of methoxy groups -OCH3 is 1. The Morgan fingerprint density at radius 3 is 3.08 bits per heavy atom. The van der Waals surface area contributed by atoms with E-state index < -0.39 is 0 Å². The second kappa shape index (κ2) is 10.1. The van der Waals surface area contributed by atoms with Crippen LogP contribution in [0.4, 0.5) is 4.39 Å². The van der Waals surface area contributed by atoms with Crippen molar-refractivity contribution in [2.24, 2.45) is 10.9 Å². The molecular weight excluding hydrogens is 446 g/mol. The van der Waals surface area contributed by atoms with Gasteiger partial charge in [0.15, 0.2) is 5.96 Å². The Labute approximate surface area is 171 Å². The summed E-state index contributed by atoms with van der Waals surface area (Å²) in [5, 5.41) is 4.46. The van der Waals surface area contributed by atoms with Crippen LogP contribution >= 0.6 is 24.0 Å². The zero-order valence-electron chi connectivity index (χ0n) is 15.4. The molecule has 144 valence electrons. The molecule has 0 amide bonds. The maximum atomic E-state index is 13.3. The molecule has 0 radical (unpaired) electrons. The summed E-state index contributed by atoms with van der Waals surface area (Å²) in [6.45, 7) is 6.47. The van der Waals surface area contributed by atoms with Crippen molar-refractivity contribution in [3.63, 3.8) is 0 Å². The van der Waals surface area contributed by atoms with Crippen molar-refractivity contribution in [1.82, 2.24) is 15.2 Å². The molecule has 0 bridgehead atoms. The fraction of sp³-hybridized carbons (Fsp3) is 0.526. The van der Waals surface area contributed by atoms with E-state index >= 15 is 0 Å². The molecule has 0 spiro atoms. The van der Waals surface area contributed by atoms with Crippen LogP contribution in [0.3, 0.4) is 0 Å². The van der Waals surface area contributed by atoms with Gasteiger partial charge < -0.3 is 19.9 Å². The average molecular weight is 474 g/mol. The van der Waals surface area contributed by atoms with Gasteiger partial charge in [-0.15, -0.1) is 24.0 Å². The number of halogens is 2. The van der Waals surface area contributed by atoms with Gasteiger partial charge in [0.2, 0.25) is 0 Å². The molecule has 0 aliphatic carbocycles. The van der Waals surface area contributed by atoms with Crippen LogP contribution in [0.25, 0.3) is 10.9 Å². The highest BCUT2D eigenvalue weighted by atomic mass is 127. The third kappa shape index (κ3) is 5.09. The Bertz CT molecular complexity index is 733. The monoisotopic (exact) mass is 474 g/mol. The summed E-state index contributed by atoms with van der Waals surface area (Å²) < 4.78 is 18.6. The van der Waals surface area contributed by atoms with E-state index in [-0.39, 0.29) is 29.8 Å². The third-order valence-corrected chi connectivity index (χ3v) is 4.69. The number of hydrogen-bond acceptors (Lipinski definition) is 2. The standard InChI is InChI=1S/C19H27FN4O.HI/c1-3-21-19(24-9-7-14(12-24)13-25-2)22-8-6-15-11-23-18-10-16(20)4-5-17(15)18;/h4-5,10-11,14,23H,3,6-9,12-13H2,1-2H3,(H,21,22);1H. The van der Waals surface area contributed by atoms with Crippen molar-refractivity contribution < 1.29 is 9.13 Å². The minimum Gasteiger partial charge on any atom is -0.384 e. The highest BCUT2D eigenvalue weighted by molar-refractivity contribution is 14.0. The van der Waals surface area contributed by atoms with E-state index in [1.807, 2.05) is 12.3 Å². The molecule has 1 aromatic heterocycles. The van der Waals surface area contributed by atoms with Gasteiger partial charge in [0.25, 0.3) is 0 Å². The molecule has 1 unspecified atom stereocenters. The molecule has 1 saturated heterocycles. The molecule has 1 fully saturated rings. The van der Waals surface area contributed by atoms with Crippen LogP contribution in [-0.2, 0) is 11.2 Å². The number of aromatic amines is 1. The highest BCUT2D eigenvalue weighted by Gasteiger charge is 2.24. The van der Waals surface area contributed by atoms with E-state index in [2.05, 4.69) is 22.1 Å². The Morgan fingerprint density at radius 1 is 1.46 bits per heavy atom. The van der Waals surface area contributed by atoms with Crippen LogP contribution < -0.4 is 5.32 Å². The lowest BCUT2D eigenvalue weighted by Gasteiger charge is -2.21. The molecule has 1 aliphatic rings. The summed E-state index contributed by atoms with van der Waals surface area (Å²) in [4.78, 5) is 10.2. The van der Waals surface area contributed by atoms with Crippen LogP contribution in [0.2, 0.25) is 0 Å². The molecule has 1 atom stereocenters. The van der Waals surface area contributed by atoms with E-state index in [0.717, 1.165) is 55.9 Å². The summed E-state index contributed by atoms with van der Waals surface area (Å²) >= 11 is 0. The number of rotatable bonds is 6. The lowest BCUT2D eigenvalue weighted by molar-refractivity contribution is 0.157. The molecule has 5 nitrogen and oxygen atoms in total. The van der Waals surface area contributed by atoms with Gasteiger partial charge >= 0.3 is 0 Å². The van der Waals surface area contributed by atoms with E-state index in [4.69, 9.17) is 9.73 Å². The predicted octanol–water partition coefficient (Wildman–Crippen LogP) is 3.40. The topological polar surface area (TPSA) is 52.7 Å². The fourth-order valence-electron chi connectivity index (χ4n) is 3.47. The van der Waals surface area contributed by atoms with Crippen LogP contribution in [0.15, 0.2) is 29.4 Å². The number of nitrogens with one attached hydrogen (secondary N) is 2. The predicted molar refractivity (Wildman–Crippen MR) is 115 cm³/mol. The van der Waals surface area contributed by atoms with E-state index in [0.29, 0.717) is 12.5 Å². The molecule has 3 rings (SSSR count). The minimum atomic E-state index is -0.215. The second-order valence-electron chi connectivity index (χ2n) is 6.55. The quantitative estimate of drug-likeness (QED) is 0.384. The van der Waals surface area contributed by atoms with E-state index in [1.165, 1.54) is 17.7 Å². The van der Waals surface area contributed by atoms with Crippen molar-refractivity contribution in [3.8, 4) is 0 Å². The Balaban J connectivity index is 0.00000243. The smallest absolute Gasteiger partial charge is 0.193 e. The van der Waals surface area contributed by atoms with Gasteiger partial charge in [-0.1, -0.05) is 0 Å². The number of fused-ring (bicyclic) bond motifs is 1. The highest BCUT2D eigenvalue weighted by Crippen LogP contribution is 2.20. The molecular formula is C19H28FIN4O. The number of nitrogens with zero attached hydrogens (tertiary/aromatic N) is 2. The van der Waals surface area contributed by atoms with Crippen LogP contribution in [0.1, 0.15) is 18.9 Å². The average Bonchev–Trinajstić information content (AvgIpc) is 3.21. The largest absolute Gasteiger partial charge is 0.384 e. The molecule has 2 heterocycles. The first-order valence-corrected chi connectivity index (χ1v) is 8.99. The maximum absolute atomic E-state index is 13.3. The summed E-state index contributed by atoms with van der Waals surface area (Å²) in [7, 11) is 1.76. The Hall–Kier alpha value is -1.35. The normalized spacial score (nSPS) is 17.6. The number of aromatic nitrogens is 1. The van der Waals surface area contributed by atoms with Crippen LogP contribution in [0, 0.1) is 11.7 Å². The molecule has 0 saturated carbocycles. The van der Waals surface area contributed by atoms with Gasteiger partial charge in [-0.05, 0) is 43.5 Å². The number of guanidine groups is 1. The Morgan fingerprint density at radius 2 is 2.31 bits per heavy atom. The lowest BCUT2D eigenvalue weighted by Crippen LogP contribution is -2.40. The van der Waals surface area contributed by atoms with Crippen molar-refractivity contribution in [2.75, 3.05) is 39.9 Å². The first-order chi connectivity index (χ1) is 12.2. The van der Waals surface area contributed by atoms with Gasteiger partial charge in [0.1, 0.15) is 5.82 Å². The SMILES string of the molecule is CCNC(=NCCc1c[nH]c2cc(F)ccc12)N1CCC(COC)C1.I. The number of benzene rings is 1. The minimum absolute atomic E-state index is 0. The lowest BCUT2D eigenvalue weighted by atomic mass is 10.1. The molecule has 2 aromatic rings. The molecule has 1 aromatic carbocycles. The first-order valence-electron chi connectivity index (χ1n) is 8.99.